The lowest BCUT2D eigenvalue weighted by Gasteiger charge is -2.32. The van der Waals surface area contributed by atoms with Crippen molar-refractivity contribution in [3.63, 3.8) is 0 Å². The minimum Gasteiger partial charge on any atom is -0.495 e. The van der Waals surface area contributed by atoms with Crippen LogP contribution in [0.1, 0.15) is 52.0 Å². The van der Waals surface area contributed by atoms with Gasteiger partial charge in [-0.25, -0.2) is 8.42 Å². The second-order valence-corrected chi connectivity index (χ2v) is 11.3. The van der Waals surface area contributed by atoms with Gasteiger partial charge < -0.3 is 15.0 Å². The van der Waals surface area contributed by atoms with Crippen molar-refractivity contribution < 1.29 is 22.7 Å². The van der Waals surface area contributed by atoms with Crippen LogP contribution in [-0.2, 0) is 26.2 Å². The Labute approximate surface area is 226 Å². The number of rotatable bonds is 14. The van der Waals surface area contributed by atoms with Crippen LogP contribution in [0.4, 0.5) is 5.69 Å². The molecule has 0 aliphatic rings. The molecule has 0 aliphatic heterocycles. The molecule has 2 aromatic carbocycles. The zero-order chi connectivity index (χ0) is 27.6. The number of nitrogens with one attached hydrogen (secondary N) is 1. The highest BCUT2D eigenvalue weighted by Crippen LogP contribution is 2.30. The predicted octanol–water partition coefficient (Wildman–Crippen LogP) is 4.62. The highest BCUT2D eigenvalue weighted by Gasteiger charge is 2.29. The molecule has 0 aliphatic carbocycles. The summed E-state index contributed by atoms with van der Waals surface area (Å²) in [5, 5.41) is 3.57. The molecule has 0 saturated heterocycles. The summed E-state index contributed by atoms with van der Waals surface area (Å²) < 4.78 is 31.7. The van der Waals surface area contributed by atoms with Crippen LogP contribution in [0.15, 0.2) is 48.5 Å². The number of carbonyl (C=O) groups excluding carboxylic acids is 2. The SMILES string of the molecule is CC[C@H](C(=O)N[C@@H](C)CC)N(Cc1ccc(Cl)cc1)C(=O)CCCN(c1ccccc1OC)S(C)(=O)=O. The first-order chi connectivity index (χ1) is 17.5. The van der Waals surface area contributed by atoms with Crippen molar-refractivity contribution in [1.82, 2.24) is 10.2 Å². The van der Waals surface area contributed by atoms with Gasteiger partial charge >= 0.3 is 0 Å². The van der Waals surface area contributed by atoms with Crippen LogP contribution in [0, 0.1) is 0 Å². The Kier molecular flexibility index (Phi) is 11.7. The lowest BCUT2D eigenvalue weighted by Crippen LogP contribution is -2.50. The largest absolute Gasteiger partial charge is 0.495 e. The van der Waals surface area contributed by atoms with Crippen LogP contribution in [0.5, 0.6) is 5.75 Å². The Morgan fingerprint density at radius 1 is 1.05 bits per heavy atom. The summed E-state index contributed by atoms with van der Waals surface area (Å²) in [7, 11) is -2.14. The van der Waals surface area contributed by atoms with Crippen LogP contribution in [-0.4, -0.2) is 57.1 Å². The van der Waals surface area contributed by atoms with E-state index in [0.29, 0.717) is 22.9 Å². The predicted molar refractivity (Wildman–Crippen MR) is 148 cm³/mol. The number of hydrogen-bond donors (Lipinski definition) is 1. The average Bonchev–Trinajstić information content (AvgIpc) is 2.86. The van der Waals surface area contributed by atoms with Crippen LogP contribution >= 0.6 is 11.6 Å². The number of methoxy groups -OCH3 is 1. The van der Waals surface area contributed by atoms with Crippen molar-refractivity contribution in [3.8, 4) is 5.75 Å². The molecule has 2 amide bonds. The Hall–Kier alpha value is -2.78. The fourth-order valence-electron chi connectivity index (χ4n) is 3.97. The molecule has 2 atom stereocenters. The summed E-state index contributed by atoms with van der Waals surface area (Å²) in [6, 6.07) is 13.3. The molecule has 0 saturated carbocycles. The third-order valence-electron chi connectivity index (χ3n) is 6.16. The summed E-state index contributed by atoms with van der Waals surface area (Å²) in [5.74, 6) is -0.00287. The molecular weight excluding hydrogens is 514 g/mol. The fraction of sp³-hybridized carbons (Fsp3) is 0.481. The summed E-state index contributed by atoms with van der Waals surface area (Å²) >= 11 is 6.02. The molecule has 0 unspecified atom stereocenters. The summed E-state index contributed by atoms with van der Waals surface area (Å²) in [6.07, 6.45) is 2.68. The molecule has 0 aromatic heterocycles. The molecular formula is C27H38ClN3O5S. The third-order valence-corrected chi connectivity index (χ3v) is 7.59. The number of carbonyl (C=O) groups is 2. The van der Waals surface area contributed by atoms with Gasteiger partial charge in [-0.15, -0.1) is 0 Å². The van der Waals surface area contributed by atoms with E-state index in [1.807, 2.05) is 32.9 Å². The molecule has 0 heterocycles. The second-order valence-electron chi connectivity index (χ2n) is 9.00. The number of hydrogen-bond acceptors (Lipinski definition) is 5. The number of amides is 2. The third kappa shape index (κ3) is 8.93. The van der Waals surface area contributed by atoms with Gasteiger partial charge in [-0.05, 0) is 56.0 Å². The van der Waals surface area contributed by atoms with E-state index in [0.717, 1.165) is 18.2 Å². The summed E-state index contributed by atoms with van der Waals surface area (Å²) in [6.45, 7) is 6.11. The van der Waals surface area contributed by atoms with Gasteiger partial charge in [0.05, 0.1) is 19.1 Å². The molecule has 37 heavy (non-hydrogen) atoms. The van der Waals surface area contributed by atoms with E-state index >= 15 is 0 Å². The van der Waals surface area contributed by atoms with Gasteiger partial charge in [0.2, 0.25) is 21.8 Å². The molecule has 204 valence electrons. The molecule has 0 bridgehead atoms. The zero-order valence-corrected chi connectivity index (χ0v) is 23.8. The smallest absolute Gasteiger partial charge is 0.243 e. The van der Waals surface area contributed by atoms with Gasteiger partial charge in [-0.2, -0.15) is 0 Å². The summed E-state index contributed by atoms with van der Waals surface area (Å²) in [5.41, 5.74) is 1.26. The molecule has 2 rings (SSSR count). The van der Waals surface area contributed by atoms with E-state index in [2.05, 4.69) is 5.32 Å². The molecule has 2 aromatic rings. The van der Waals surface area contributed by atoms with Crippen molar-refractivity contribution in [2.45, 2.75) is 65.1 Å². The van der Waals surface area contributed by atoms with Crippen LogP contribution in [0.2, 0.25) is 5.02 Å². The Morgan fingerprint density at radius 3 is 2.27 bits per heavy atom. The monoisotopic (exact) mass is 551 g/mol. The number of halogens is 1. The van der Waals surface area contributed by atoms with E-state index in [9.17, 15) is 18.0 Å². The zero-order valence-electron chi connectivity index (χ0n) is 22.2. The van der Waals surface area contributed by atoms with E-state index in [4.69, 9.17) is 16.3 Å². The standard InChI is InChI=1S/C27H38ClN3O5S/c1-6-20(3)29-27(33)23(7-2)30(19-21-14-16-22(28)17-15-21)26(32)13-10-18-31(37(5,34)35)24-11-8-9-12-25(24)36-4/h8-9,11-12,14-17,20,23H,6-7,10,13,18-19H2,1-5H3,(H,29,33)/t20-,23+/m0/s1. The van der Waals surface area contributed by atoms with Crippen molar-refractivity contribution in [2.75, 3.05) is 24.2 Å². The summed E-state index contributed by atoms with van der Waals surface area (Å²) in [4.78, 5) is 28.1. The van der Waals surface area contributed by atoms with Gasteiger partial charge in [-0.3, -0.25) is 13.9 Å². The fourth-order valence-corrected chi connectivity index (χ4v) is 5.06. The van der Waals surface area contributed by atoms with Gasteiger partial charge in [0.1, 0.15) is 11.8 Å². The van der Waals surface area contributed by atoms with Crippen LogP contribution in [0.3, 0.4) is 0 Å². The number of nitrogens with zero attached hydrogens (tertiary/aromatic N) is 2. The number of ether oxygens (including phenoxy) is 1. The molecule has 0 fully saturated rings. The van der Waals surface area contributed by atoms with Crippen molar-refractivity contribution >= 4 is 39.1 Å². The van der Waals surface area contributed by atoms with Crippen molar-refractivity contribution in [3.05, 3.63) is 59.1 Å². The van der Waals surface area contributed by atoms with Crippen molar-refractivity contribution in [2.24, 2.45) is 0 Å². The topological polar surface area (TPSA) is 96.0 Å². The molecule has 0 radical (unpaired) electrons. The number of para-hydroxylation sites is 2. The maximum Gasteiger partial charge on any atom is 0.243 e. The van der Waals surface area contributed by atoms with Crippen LogP contribution < -0.4 is 14.4 Å². The minimum absolute atomic E-state index is 0.0156. The van der Waals surface area contributed by atoms with Gasteiger partial charge in [0.25, 0.3) is 0 Å². The Morgan fingerprint density at radius 2 is 1.70 bits per heavy atom. The Bertz CT molecular complexity index is 1140. The first-order valence-corrected chi connectivity index (χ1v) is 14.7. The van der Waals surface area contributed by atoms with E-state index < -0.39 is 16.1 Å². The molecule has 1 N–H and O–H groups in total. The quantitative estimate of drug-likeness (QED) is 0.370. The molecule has 0 spiro atoms. The first-order valence-electron chi connectivity index (χ1n) is 12.5. The van der Waals surface area contributed by atoms with Gasteiger partial charge in [0.15, 0.2) is 0 Å². The van der Waals surface area contributed by atoms with Gasteiger partial charge in [0, 0.05) is 30.6 Å². The van der Waals surface area contributed by atoms with Crippen molar-refractivity contribution in [1.29, 1.82) is 0 Å². The maximum absolute atomic E-state index is 13.5. The first kappa shape index (κ1) is 30.4. The van der Waals surface area contributed by atoms with Gasteiger partial charge in [-0.1, -0.05) is 49.7 Å². The normalized spacial score (nSPS) is 12.9. The van der Waals surface area contributed by atoms with Crippen LogP contribution in [0.25, 0.3) is 0 Å². The lowest BCUT2D eigenvalue weighted by molar-refractivity contribution is -0.141. The second kappa shape index (κ2) is 14.2. The number of benzene rings is 2. The van der Waals surface area contributed by atoms with E-state index in [1.54, 1.807) is 41.3 Å². The van der Waals surface area contributed by atoms with E-state index in [1.165, 1.54) is 11.4 Å². The highest BCUT2D eigenvalue weighted by atomic mass is 35.5. The minimum atomic E-state index is -3.62. The van der Waals surface area contributed by atoms with E-state index in [-0.39, 0.29) is 43.8 Å². The maximum atomic E-state index is 13.5. The number of anilines is 1. The average molecular weight is 552 g/mol. The molecule has 10 heteroatoms. The molecule has 8 nitrogen and oxygen atoms in total. The lowest BCUT2D eigenvalue weighted by atomic mass is 10.1. The highest BCUT2D eigenvalue weighted by molar-refractivity contribution is 7.92. The number of sulfonamides is 1. The Balaban J connectivity index is 2.24.